The van der Waals surface area contributed by atoms with Crippen LogP contribution in [0.3, 0.4) is 0 Å². The first-order chi connectivity index (χ1) is 16.8. The number of hydrogen-bond acceptors (Lipinski definition) is 6. The number of esters is 2. The number of rotatable bonds is 9. The summed E-state index contributed by atoms with van der Waals surface area (Å²) in [6.45, 7) is 4.79. The van der Waals surface area contributed by atoms with Gasteiger partial charge >= 0.3 is 18.0 Å². The Morgan fingerprint density at radius 3 is 2.34 bits per heavy atom. The van der Waals surface area contributed by atoms with Crippen LogP contribution in [0.5, 0.6) is 0 Å². The van der Waals surface area contributed by atoms with E-state index in [4.69, 9.17) is 9.47 Å². The molecule has 0 radical (unpaired) electrons. The molecule has 0 spiro atoms. The summed E-state index contributed by atoms with van der Waals surface area (Å²) >= 11 is 0. The van der Waals surface area contributed by atoms with E-state index in [0.29, 0.717) is 5.56 Å². The standard InChI is InChI=1S/C26H29N3O6/c1-4-34-25(32)23-21(28-26(33)29-24(23)19-8-6-5-7-9-19)15-35-22(31)14-20(27-17(3)30)18-12-10-16(2)11-13-18/h5-13,20,24H,4,14-15H2,1-3H3,(H,27,30)(H2,28,29,33). The average molecular weight is 480 g/mol. The molecule has 0 fully saturated rings. The number of ether oxygens (including phenoxy) is 2. The number of aryl methyl sites for hydroxylation is 1. The van der Waals surface area contributed by atoms with Crippen LogP contribution in [-0.2, 0) is 23.9 Å². The van der Waals surface area contributed by atoms with E-state index in [0.717, 1.165) is 11.1 Å². The third-order valence-electron chi connectivity index (χ3n) is 5.39. The van der Waals surface area contributed by atoms with E-state index in [-0.39, 0.29) is 36.8 Å². The molecule has 2 aromatic carbocycles. The third-order valence-corrected chi connectivity index (χ3v) is 5.39. The Morgan fingerprint density at radius 2 is 1.71 bits per heavy atom. The molecule has 0 saturated heterocycles. The van der Waals surface area contributed by atoms with Crippen LogP contribution in [0.1, 0.15) is 49.0 Å². The van der Waals surface area contributed by atoms with E-state index in [1.54, 1.807) is 31.2 Å². The SMILES string of the molecule is CCOC(=O)C1=C(COC(=O)CC(NC(C)=O)c2ccc(C)cc2)NC(=O)NC1c1ccccc1. The Labute approximate surface area is 203 Å². The van der Waals surface area contributed by atoms with Gasteiger partial charge in [-0.25, -0.2) is 9.59 Å². The largest absolute Gasteiger partial charge is 0.463 e. The molecule has 0 aliphatic carbocycles. The predicted molar refractivity (Wildman–Crippen MR) is 128 cm³/mol. The van der Waals surface area contributed by atoms with Gasteiger partial charge in [-0.2, -0.15) is 0 Å². The number of hydrogen-bond donors (Lipinski definition) is 3. The molecule has 9 heteroatoms. The Bertz CT molecular complexity index is 1110. The molecule has 3 amide bonds. The highest BCUT2D eigenvalue weighted by atomic mass is 16.5. The summed E-state index contributed by atoms with van der Waals surface area (Å²) in [5, 5.41) is 8.05. The fourth-order valence-corrected chi connectivity index (χ4v) is 3.75. The Balaban J connectivity index is 1.81. The number of urea groups is 1. The van der Waals surface area contributed by atoms with Crippen LogP contribution in [0, 0.1) is 6.92 Å². The fourth-order valence-electron chi connectivity index (χ4n) is 3.75. The Kier molecular flexibility index (Phi) is 8.61. The van der Waals surface area contributed by atoms with Crippen LogP contribution < -0.4 is 16.0 Å². The maximum atomic E-state index is 12.8. The minimum atomic E-state index is -0.766. The van der Waals surface area contributed by atoms with Crippen molar-refractivity contribution in [1.29, 1.82) is 0 Å². The van der Waals surface area contributed by atoms with E-state index >= 15 is 0 Å². The molecular weight excluding hydrogens is 450 g/mol. The van der Waals surface area contributed by atoms with Crippen molar-refractivity contribution in [1.82, 2.24) is 16.0 Å². The molecule has 3 N–H and O–H groups in total. The van der Waals surface area contributed by atoms with Crippen molar-refractivity contribution >= 4 is 23.9 Å². The number of nitrogens with one attached hydrogen (secondary N) is 3. The van der Waals surface area contributed by atoms with Crippen molar-refractivity contribution in [2.75, 3.05) is 13.2 Å². The molecular formula is C26H29N3O6. The minimum Gasteiger partial charge on any atom is -0.463 e. The first kappa shape index (κ1) is 25.5. The van der Waals surface area contributed by atoms with Crippen molar-refractivity contribution < 1.29 is 28.7 Å². The van der Waals surface area contributed by atoms with Gasteiger partial charge in [0.1, 0.15) is 6.61 Å². The summed E-state index contributed by atoms with van der Waals surface area (Å²) in [6.07, 6.45) is -0.126. The van der Waals surface area contributed by atoms with Crippen LogP contribution in [0.15, 0.2) is 65.9 Å². The third kappa shape index (κ3) is 6.92. The second kappa shape index (κ2) is 11.8. The molecule has 0 bridgehead atoms. The van der Waals surface area contributed by atoms with E-state index in [2.05, 4.69) is 16.0 Å². The second-order valence-electron chi connectivity index (χ2n) is 8.08. The van der Waals surface area contributed by atoms with Gasteiger partial charge in [0.05, 0.1) is 36.4 Å². The van der Waals surface area contributed by atoms with Crippen LogP contribution in [0.25, 0.3) is 0 Å². The zero-order chi connectivity index (χ0) is 25.4. The van der Waals surface area contributed by atoms with Crippen molar-refractivity contribution in [2.24, 2.45) is 0 Å². The first-order valence-electron chi connectivity index (χ1n) is 11.3. The van der Waals surface area contributed by atoms with Gasteiger partial charge in [0, 0.05) is 6.92 Å². The van der Waals surface area contributed by atoms with Gasteiger partial charge in [0.15, 0.2) is 0 Å². The van der Waals surface area contributed by atoms with E-state index in [9.17, 15) is 19.2 Å². The molecule has 9 nitrogen and oxygen atoms in total. The van der Waals surface area contributed by atoms with Gasteiger partial charge in [-0.3, -0.25) is 9.59 Å². The van der Waals surface area contributed by atoms with Gasteiger partial charge in [-0.15, -0.1) is 0 Å². The minimum absolute atomic E-state index is 0.126. The molecule has 35 heavy (non-hydrogen) atoms. The van der Waals surface area contributed by atoms with Crippen LogP contribution in [0.2, 0.25) is 0 Å². The summed E-state index contributed by atoms with van der Waals surface area (Å²) in [5.74, 6) is -1.52. The quantitative estimate of drug-likeness (QED) is 0.475. The molecule has 0 saturated carbocycles. The predicted octanol–water partition coefficient (Wildman–Crippen LogP) is 2.98. The van der Waals surface area contributed by atoms with Crippen molar-refractivity contribution in [3.05, 3.63) is 82.6 Å². The molecule has 2 unspecified atom stereocenters. The van der Waals surface area contributed by atoms with Gasteiger partial charge in [-0.1, -0.05) is 60.2 Å². The molecule has 2 aromatic rings. The van der Waals surface area contributed by atoms with Gasteiger partial charge in [0.2, 0.25) is 5.91 Å². The summed E-state index contributed by atoms with van der Waals surface area (Å²) < 4.78 is 10.6. The molecule has 184 valence electrons. The van der Waals surface area contributed by atoms with Crippen molar-refractivity contribution in [2.45, 2.75) is 39.3 Å². The highest BCUT2D eigenvalue weighted by Crippen LogP contribution is 2.28. The normalized spacial score (nSPS) is 16.0. The molecule has 0 aromatic heterocycles. The number of carbonyl (C=O) groups excluding carboxylic acids is 4. The fraction of sp³-hybridized carbons (Fsp3) is 0.308. The smallest absolute Gasteiger partial charge is 0.338 e. The molecule has 3 rings (SSSR count). The zero-order valence-corrected chi connectivity index (χ0v) is 19.9. The lowest BCUT2D eigenvalue weighted by atomic mass is 9.95. The Hall–Kier alpha value is -4.14. The van der Waals surface area contributed by atoms with Crippen LogP contribution in [0.4, 0.5) is 4.79 Å². The summed E-state index contributed by atoms with van der Waals surface area (Å²) in [5.41, 5.74) is 2.78. The number of amides is 3. The van der Waals surface area contributed by atoms with Gasteiger partial charge in [0.25, 0.3) is 0 Å². The molecule has 1 heterocycles. The molecule has 1 aliphatic heterocycles. The summed E-state index contributed by atoms with van der Waals surface area (Å²) in [4.78, 5) is 49.5. The number of carbonyl (C=O) groups is 4. The van der Waals surface area contributed by atoms with Crippen LogP contribution >= 0.6 is 0 Å². The lowest BCUT2D eigenvalue weighted by molar-refractivity contribution is -0.144. The highest BCUT2D eigenvalue weighted by Gasteiger charge is 2.34. The van der Waals surface area contributed by atoms with E-state index < -0.39 is 30.1 Å². The monoisotopic (exact) mass is 479 g/mol. The van der Waals surface area contributed by atoms with Crippen molar-refractivity contribution in [3.63, 3.8) is 0 Å². The zero-order valence-electron chi connectivity index (χ0n) is 19.9. The van der Waals surface area contributed by atoms with Crippen molar-refractivity contribution in [3.8, 4) is 0 Å². The lowest BCUT2D eigenvalue weighted by Gasteiger charge is -2.29. The Morgan fingerprint density at radius 1 is 1.03 bits per heavy atom. The first-order valence-corrected chi connectivity index (χ1v) is 11.3. The van der Waals surface area contributed by atoms with E-state index in [1.165, 1.54) is 6.92 Å². The lowest BCUT2D eigenvalue weighted by Crippen LogP contribution is -2.47. The highest BCUT2D eigenvalue weighted by molar-refractivity contribution is 5.95. The van der Waals surface area contributed by atoms with Crippen LogP contribution in [-0.4, -0.2) is 37.1 Å². The van der Waals surface area contributed by atoms with Gasteiger partial charge < -0.3 is 25.4 Å². The molecule has 2 atom stereocenters. The summed E-state index contributed by atoms with van der Waals surface area (Å²) in [6, 6.07) is 14.5. The summed E-state index contributed by atoms with van der Waals surface area (Å²) in [7, 11) is 0. The maximum absolute atomic E-state index is 12.8. The average Bonchev–Trinajstić information content (AvgIpc) is 2.83. The van der Waals surface area contributed by atoms with Gasteiger partial charge in [-0.05, 0) is 25.0 Å². The second-order valence-corrected chi connectivity index (χ2v) is 8.08. The number of benzene rings is 2. The molecule has 1 aliphatic rings. The maximum Gasteiger partial charge on any atom is 0.338 e. The topological polar surface area (TPSA) is 123 Å². The van der Waals surface area contributed by atoms with E-state index in [1.807, 2.05) is 37.3 Å².